The number of hydrogen-bond donors (Lipinski definition) is 1. The summed E-state index contributed by atoms with van der Waals surface area (Å²) in [4.78, 5) is 4.35. The summed E-state index contributed by atoms with van der Waals surface area (Å²) in [5, 5.41) is 3.08. The lowest BCUT2D eigenvalue weighted by atomic mass is 9.80. The van der Waals surface area contributed by atoms with Crippen molar-refractivity contribution in [2.75, 3.05) is 6.54 Å². The van der Waals surface area contributed by atoms with E-state index in [1.165, 1.54) is 0 Å². The molecule has 2 unspecified atom stereocenters. The van der Waals surface area contributed by atoms with Crippen LogP contribution in [0, 0.1) is 0 Å². The number of nitrogens with one attached hydrogen (secondary N) is 1. The maximum absolute atomic E-state index is 12.8. The maximum atomic E-state index is 12.8. The molecule has 0 radical (unpaired) electrons. The fourth-order valence-corrected chi connectivity index (χ4v) is 2.97. The molecule has 0 saturated carbocycles. The third-order valence-electron chi connectivity index (χ3n) is 3.83. The van der Waals surface area contributed by atoms with E-state index >= 15 is 0 Å². The molecule has 112 valence electrons. The van der Waals surface area contributed by atoms with Crippen molar-refractivity contribution in [1.82, 2.24) is 10.3 Å². The lowest BCUT2D eigenvalue weighted by molar-refractivity contribution is -0.141. The number of alkyl halides is 3. The van der Waals surface area contributed by atoms with Crippen LogP contribution in [0.15, 0.2) is 18.3 Å². The third kappa shape index (κ3) is 3.95. The molecule has 0 amide bonds. The van der Waals surface area contributed by atoms with Crippen LogP contribution in [0.3, 0.4) is 0 Å². The Morgan fingerprint density at radius 1 is 1.45 bits per heavy atom. The van der Waals surface area contributed by atoms with Crippen molar-refractivity contribution in [3.63, 3.8) is 0 Å². The normalized spacial score (nSPS) is 20.5. The highest BCUT2D eigenvalue weighted by atomic mass is 19.4. The standard InChI is InChI=1S/C15H21F3N2/c1-2-8-19-13(10-15(16,17)18)12-7-3-5-11-6-4-9-20-14(11)12/h4,6,9,12-13,19H,2-3,5,7-8,10H2,1H3. The van der Waals surface area contributed by atoms with Gasteiger partial charge in [-0.05, 0) is 43.9 Å². The smallest absolute Gasteiger partial charge is 0.313 e. The fraction of sp³-hybridized carbons (Fsp3) is 0.667. The number of aromatic nitrogens is 1. The number of aryl methyl sites for hydroxylation is 1. The number of halogens is 3. The molecule has 1 N–H and O–H groups in total. The van der Waals surface area contributed by atoms with E-state index in [1.54, 1.807) is 6.20 Å². The van der Waals surface area contributed by atoms with Gasteiger partial charge in [0.15, 0.2) is 0 Å². The van der Waals surface area contributed by atoms with Crippen LogP contribution in [-0.2, 0) is 6.42 Å². The Morgan fingerprint density at radius 3 is 2.95 bits per heavy atom. The molecule has 0 spiro atoms. The second-order valence-corrected chi connectivity index (χ2v) is 5.43. The van der Waals surface area contributed by atoms with E-state index in [2.05, 4.69) is 10.3 Å². The van der Waals surface area contributed by atoms with Crippen LogP contribution in [0.4, 0.5) is 13.2 Å². The second kappa shape index (κ2) is 6.57. The Hall–Kier alpha value is -1.10. The molecule has 0 fully saturated rings. The zero-order valence-electron chi connectivity index (χ0n) is 11.7. The van der Waals surface area contributed by atoms with Gasteiger partial charge >= 0.3 is 6.18 Å². The quantitative estimate of drug-likeness (QED) is 0.890. The topological polar surface area (TPSA) is 24.9 Å². The fourth-order valence-electron chi connectivity index (χ4n) is 2.97. The first-order chi connectivity index (χ1) is 9.51. The van der Waals surface area contributed by atoms with Crippen LogP contribution >= 0.6 is 0 Å². The number of hydrogen-bond acceptors (Lipinski definition) is 2. The largest absolute Gasteiger partial charge is 0.390 e. The van der Waals surface area contributed by atoms with E-state index in [-0.39, 0.29) is 5.92 Å². The molecular formula is C15H21F3N2. The minimum absolute atomic E-state index is 0.131. The molecule has 0 saturated heterocycles. The Balaban J connectivity index is 2.20. The molecule has 1 aliphatic carbocycles. The Bertz CT molecular complexity index is 431. The van der Waals surface area contributed by atoms with Gasteiger partial charge in [0.2, 0.25) is 0 Å². The van der Waals surface area contributed by atoms with Crippen molar-refractivity contribution in [1.29, 1.82) is 0 Å². The Labute approximate surface area is 117 Å². The molecule has 2 rings (SSSR count). The number of pyridine rings is 1. The van der Waals surface area contributed by atoms with E-state index in [9.17, 15) is 13.2 Å². The highest BCUT2D eigenvalue weighted by molar-refractivity contribution is 5.27. The molecule has 0 bridgehead atoms. The van der Waals surface area contributed by atoms with Crippen LogP contribution in [0.1, 0.15) is 49.8 Å². The van der Waals surface area contributed by atoms with Gasteiger partial charge in [0, 0.05) is 23.9 Å². The van der Waals surface area contributed by atoms with Crippen molar-refractivity contribution in [3.05, 3.63) is 29.6 Å². The summed E-state index contributed by atoms with van der Waals surface area (Å²) in [7, 11) is 0. The summed E-state index contributed by atoms with van der Waals surface area (Å²) in [6.07, 6.45) is 0.225. The summed E-state index contributed by atoms with van der Waals surface area (Å²) < 4.78 is 38.4. The second-order valence-electron chi connectivity index (χ2n) is 5.43. The van der Waals surface area contributed by atoms with Gasteiger partial charge in [-0.15, -0.1) is 0 Å². The number of fused-ring (bicyclic) bond motifs is 1. The van der Waals surface area contributed by atoms with E-state index < -0.39 is 18.6 Å². The van der Waals surface area contributed by atoms with Crippen LogP contribution in [0.5, 0.6) is 0 Å². The van der Waals surface area contributed by atoms with Gasteiger partial charge in [-0.25, -0.2) is 0 Å². The molecule has 5 heteroatoms. The van der Waals surface area contributed by atoms with Gasteiger partial charge in [-0.3, -0.25) is 4.98 Å². The summed E-state index contributed by atoms with van der Waals surface area (Å²) in [5.41, 5.74) is 1.96. The molecule has 1 aromatic rings. The van der Waals surface area contributed by atoms with Gasteiger partial charge in [0.25, 0.3) is 0 Å². The van der Waals surface area contributed by atoms with Crippen molar-refractivity contribution in [3.8, 4) is 0 Å². The van der Waals surface area contributed by atoms with Crippen LogP contribution < -0.4 is 5.32 Å². The maximum Gasteiger partial charge on any atom is 0.390 e. The minimum atomic E-state index is -4.14. The lowest BCUT2D eigenvalue weighted by Crippen LogP contribution is -2.40. The summed E-state index contributed by atoms with van der Waals surface area (Å²) in [6, 6.07) is 3.28. The van der Waals surface area contributed by atoms with E-state index in [4.69, 9.17) is 0 Å². The van der Waals surface area contributed by atoms with Gasteiger partial charge < -0.3 is 5.32 Å². The number of nitrogens with zero attached hydrogens (tertiary/aromatic N) is 1. The highest BCUT2D eigenvalue weighted by Gasteiger charge is 2.37. The average molecular weight is 286 g/mol. The molecule has 0 aromatic carbocycles. The molecule has 20 heavy (non-hydrogen) atoms. The number of rotatable bonds is 5. The predicted molar refractivity (Wildman–Crippen MR) is 72.7 cm³/mol. The van der Waals surface area contributed by atoms with Crippen molar-refractivity contribution in [2.24, 2.45) is 0 Å². The van der Waals surface area contributed by atoms with Gasteiger partial charge in [0.05, 0.1) is 6.42 Å². The molecule has 1 heterocycles. The monoisotopic (exact) mass is 286 g/mol. The Kier molecular flexibility index (Phi) is 5.02. The summed E-state index contributed by atoms with van der Waals surface area (Å²) in [6.45, 7) is 2.57. The first-order valence-electron chi connectivity index (χ1n) is 7.25. The molecule has 2 nitrogen and oxygen atoms in total. The SMILES string of the molecule is CCCNC(CC(F)(F)F)C1CCCc2cccnc21. The zero-order valence-corrected chi connectivity index (χ0v) is 11.7. The highest BCUT2D eigenvalue weighted by Crippen LogP contribution is 2.36. The zero-order chi connectivity index (χ0) is 14.6. The lowest BCUT2D eigenvalue weighted by Gasteiger charge is -2.32. The molecule has 0 aliphatic heterocycles. The van der Waals surface area contributed by atoms with E-state index in [0.29, 0.717) is 6.54 Å². The summed E-state index contributed by atoms with van der Waals surface area (Å²) in [5.74, 6) is -0.131. The molecule has 2 atom stereocenters. The minimum Gasteiger partial charge on any atom is -0.313 e. The molecule has 1 aliphatic rings. The Morgan fingerprint density at radius 2 is 2.25 bits per heavy atom. The van der Waals surface area contributed by atoms with Crippen molar-refractivity contribution >= 4 is 0 Å². The van der Waals surface area contributed by atoms with Crippen LogP contribution in [-0.4, -0.2) is 23.7 Å². The first-order valence-corrected chi connectivity index (χ1v) is 7.25. The van der Waals surface area contributed by atoms with Crippen molar-refractivity contribution < 1.29 is 13.2 Å². The first kappa shape index (κ1) is 15.3. The van der Waals surface area contributed by atoms with E-state index in [1.807, 2.05) is 19.1 Å². The van der Waals surface area contributed by atoms with E-state index in [0.717, 1.165) is 36.9 Å². The van der Waals surface area contributed by atoms with Gasteiger partial charge in [-0.1, -0.05) is 13.0 Å². The van der Waals surface area contributed by atoms with Gasteiger partial charge in [-0.2, -0.15) is 13.2 Å². The van der Waals surface area contributed by atoms with Crippen LogP contribution in [0.2, 0.25) is 0 Å². The van der Waals surface area contributed by atoms with Crippen molar-refractivity contribution in [2.45, 2.75) is 57.2 Å². The third-order valence-corrected chi connectivity index (χ3v) is 3.83. The predicted octanol–water partition coefficient (Wildman–Crippen LogP) is 3.82. The van der Waals surface area contributed by atoms with Gasteiger partial charge in [0.1, 0.15) is 0 Å². The molecule has 1 aromatic heterocycles. The van der Waals surface area contributed by atoms with Crippen LogP contribution in [0.25, 0.3) is 0 Å². The molecular weight excluding hydrogens is 265 g/mol. The average Bonchev–Trinajstić information content (AvgIpc) is 2.41. The summed E-state index contributed by atoms with van der Waals surface area (Å²) >= 11 is 0.